The Bertz CT molecular complexity index is 1120. The molecule has 0 spiro atoms. The van der Waals surface area contributed by atoms with E-state index in [0.717, 1.165) is 0 Å². The first-order chi connectivity index (χ1) is 14.3. The molecule has 3 heterocycles. The zero-order valence-electron chi connectivity index (χ0n) is 16.9. The quantitative estimate of drug-likeness (QED) is 0.469. The summed E-state index contributed by atoms with van der Waals surface area (Å²) in [5, 5.41) is 24.4. The van der Waals surface area contributed by atoms with Crippen molar-refractivity contribution in [1.82, 2.24) is 20.2 Å². The first-order valence-corrected chi connectivity index (χ1v) is 10.0. The molecule has 0 unspecified atom stereocenters. The molecule has 0 bridgehead atoms. The molecule has 2 aromatic heterocycles. The zero-order valence-corrected chi connectivity index (χ0v) is 17.7. The van der Waals surface area contributed by atoms with Crippen LogP contribution in [0, 0.1) is 5.82 Å². The Balaban J connectivity index is 1.75. The SMILES string of the molecule is CCNc1nc(Nc2ccc(F)c3c2C=CCN3CC(C)(C)O)nc2n[nH]c(Cl)c12. The van der Waals surface area contributed by atoms with Crippen LogP contribution in [0.5, 0.6) is 0 Å². The predicted octanol–water partition coefficient (Wildman–Crippen LogP) is 3.92. The lowest BCUT2D eigenvalue weighted by atomic mass is 10.0. The molecule has 0 saturated heterocycles. The molecule has 0 radical (unpaired) electrons. The van der Waals surface area contributed by atoms with Crippen molar-refractivity contribution in [3.8, 4) is 0 Å². The van der Waals surface area contributed by atoms with Crippen LogP contribution in [0.3, 0.4) is 0 Å². The monoisotopic (exact) mass is 431 g/mol. The summed E-state index contributed by atoms with van der Waals surface area (Å²) in [7, 11) is 0. The molecule has 0 atom stereocenters. The van der Waals surface area contributed by atoms with Gasteiger partial charge in [-0.3, -0.25) is 5.10 Å². The van der Waals surface area contributed by atoms with Crippen molar-refractivity contribution in [3.63, 3.8) is 0 Å². The Morgan fingerprint density at radius 2 is 2.13 bits per heavy atom. The molecule has 0 amide bonds. The fourth-order valence-electron chi connectivity index (χ4n) is 3.54. The second kappa shape index (κ2) is 7.73. The number of benzene rings is 1. The van der Waals surface area contributed by atoms with Crippen LogP contribution in [0.4, 0.5) is 27.5 Å². The molecule has 4 N–H and O–H groups in total. The number of nitrogens with zero attached hydrogens (tertiary/aromatic N) is 4. The highest BCUT2D eigenvalue weighted by molar-refractivity contribution is 6.35. The number of fused-ring (bicyclic) bond motifs is 2. The van der Waals surface area contributed by atoms with Gasteiger partial charge in [0.2, 0.25) is 5.95 Å². The van der Waals surface area contributed by atoms with Gasteiger partial charge in [-0.15, -0.1) is 0 Å². The van der Waals surface area contributed by atoms with Crippen molar-refractivity contribution in [3.05, 3.63) is 34.7 Å². The third kappa shape index (κ3) is 3.90. The lowest BCUT2D eigenvalue weighted by molar-refractivity contribution is 0.0877. The molecule has 0 saturated carbocycles. The number of nitrogens with one attached hydrogen (secondary N) is 3. The summed E-state index contributed by atoms with van der Waals surface area (Å²) in [4.78, 5) is 10.8. The van der Waals surface area contributed by atoms with Crippen molar-refractivity contribution in [1.29, 1.82) is 0 Å². The van der Waals surface area contributed by atoms with Gasteiger partial charge in [-0.25, -0.2) is 4.39 Å². The Morgan fingerprint density at radius 3 is 2.87 bits per heavy atom. The number of halogens is 2. The van der Waals surface area contributed by atoms with E-state index in [1.807, 2.05) is 24.0 Å². The van der Waals surface area contributed by atoms with E-state index in [-0.39, 0.29) is 5.82 Å². The van der Waals surface area contributed by atoms with E-state index in [1.165, 1.54) is 6.07 Å². The van der Waals surface area contributed by atoms with E-state index >= 15 is 0 Å². The molecule has 158 valence electrons. The summed E-state index contributed by atoms with van der Waals surface area (Å²) in [5.41, 5.74) is 1.20. The third-order valence-electron chi connectivity index (χ3n) is 4.63. The van der Waals surface area contributed by atoms with Gasteiger partial charge in [-0.1, -0.05) is 23.8 Å². The number of aliphatic hydroxyl groups is 1. The van der Waals surface area contributed by atoms with Crippen LogP contribution in [0.15, 0.2) is 18.2 Å². The fraction of sp³-hybridized carbons (Fsp3) is 0.350. The number of hydrogen-bond donors (Lipinski definition) is 4. The lowest BCUT2D eigenvalue weighted by Crippen LogP contribution is -2.40. The summed E-state index contributed by atoms with van der Waals surface area (Å²) < 4.78 is 14.7. The number of H-pyrrole nitrogens is 1. The van der Waals surface area contributed by atoms with Crippen LogP contribution >= 0.6 is 11.6 Å². The van der Waals surface area contributed by atoms with E-state index in [4.69, 9.17) is 11.6 Å². The number of aromatic amines is 1. The molecule has 0 fully saturated rings. The van der Waals surface area contributed by atoms with Gasteiger partial charge in [0.25, 0.3) is 0 Å². The average Bonchev–Trinajstić information content (AvgIpc) is 3.04. The molecular weight excluding hydrogens is 409 g/mol. The maximum atomic E-state index is 14.7. The van der Waals surface area contributed by atoms with Crippen LogP contribution in [0.2, 0.25) is 5.15 Å². The second-order valence-corrected chi connectivity index (χ2v) is 8.12. The smallest absolute Gasteiger partial charge is 0.231 e. The highest BCUT2D eigenvalue weighted by atomic mass is 35.5. The molecule has 10 heteroatoms. The van der Waals surface area contributed by atoms with Crippen molar-refractivity contribution in [2.45, 2.75) is 26.4 Å². The van der Waals surface area contributed by atoms with Crippen LogP contribution in [-0.2, 0) is 0 Å². The summed E-state index contributed by atoms with van der Waals surface area (Å²) in [6, 6.07) is 3.04. The van der Waals surface area contributed by atoms with E-state index in [2.05, 4.69) is 30.8 Å². The van der Waals surface area contributed by atoms with Crippen molar-refractivity contribution in [2.75, 3.05) is 35.2 Å². The van der Waals surface area contributed by atoms with Crippen LogP contribution < -0.4 is 15.5 Å². The highest BCUT2D eigenvalue weighted by Crippen LogP contribution is 2.37. The molecule has 8 nitrogen and oxygen atoms in total. The van der Waals surface area contributed by atoms with E-state index in [1.54, 1.807) is 19.9 Å². The maximum absolute atomic E-state index is 14.7. The number of rotatable bonds is 6. The van der Waals surface area contributed by atoms with Crippen molar-refractivity contribution in [2.24, 2.45) is 0 Å². The number of anilines is 4. The predicted molar refractivity (Wildman–Crippen MR) is 118 cm³/mol. The van der Waals surface area contributed by atoms with Crippen LogP contribution in [-0.4, -0.2) is 50.5 Å². The first-order valence-electron chi connectivity index (χ1n) is 9.65. The van der Waals surface area contributed by atoms with Gasteiger partial charge < -0.3 is 20.6 Å². The minimum absolute atomic E-state index is 0.295. The van der Waals surface area contributed by atoms with E-state index in [0.29, 0.717) is 64.5 Å². The van der Waals surface area contributed by atoms with Gasteiger partial charge >= 0.3 is 0 Å². The molecule has 3 aromatic rings. The van der Waals surface area contributed by atoms with Crippen molar-refractivity contribution < 1.29 is 9.50 Å². The van der Waals surface area contributed by atoms with Gasteiger partial charge in [0.15, 0.2) is 5.65 Å². The number of hydrogen-bond acceptors (Lipinski definition) is 7. The largest absolute Gasteiger partial charge is 0.389 e. The standard InChI is InChI=1S/C20H23ClFN7O/c1-4-23-17-14-16(21)27-28-18(14)26-19(25-17)24-13-8-7-12(22)15-11(13)6-5-9-29(15)10-20(2,3)30/h5-8,30H,4,9-10H2,1-3H3,(H3,23,24,25,26,27,28). The third-order valence-corrected chi connectivity index (χ3v) is 4.91. The molecule has 1 aliphatic rings. The Labute approximate surface area is 178 Å². The number of aromatic nitrogens is 4. The molecule has 30 heavy (non-hydrogen) atoms. The average molecular weight is 432 g/mol. The molecule has 0 aliphatic carbocycles. The Morgan fingerprint density at radius 1 is 1.33 bits per heavy atom. The molecule has 1 aliphatic heterocycles. The van der Waals surface area contributed by atoms with Crippen LogP contribution in [0.25, 0.3) is 17.1 Å². The first kappa shape index (κ1) is 20.4. The normalized spacial score (nSPS) is 13.6. The van der Waals surface area contributed by atoms with Crippen molar-refractivity contribution >= 4 is 51.9 Å². The summed E-state index contributed by atoms with van der Waals surface area (Å²) in [6.45, 7) is 6.80. The lowest BCUT2D eigenvalue weighted by Gasteiger charge is -2.34. The van der Waals surface area contributed by atoms with Gasteiger partial charge in [-0.05, 0) is 32.9 Å². The Hall–Kier alpha value is -2.91. The zero-order chi connectivity index (χ0) is 21.5. The highest BCUT2D eigenvalue weighted by Gasteiger charge is 2.26. The van der Waals surface area contributed by atoms with E-state index in [9.17, 15) is 9.50 Å². The van der Waals surface area contributed by atoms with Gasteiger partial charge in [0.05, 0.1) is 17.0 Å². The van der Waals surface area contributed by atoms with Crippen LogP contribution in [0.1, 0.15) is 26.3 Å². The molecule has 4 rings (SSSR count). The minimum Gasteiger partial charge on any atom is -0.389 e. The van der Waals surface area contributed by atoms with Gasteiger partial charge in [-0.2, -0.15) is 15.1 Å². The van der Waals surface area contributed by atoms with E-state index < -0.39 is 5.60 Å². The second-order valence-electron chi connectivity index (χ2n) is 7.74. The maximum Gasteiger partial charge on any atom is 0.231 e. The number of β-amino-alcohol motifs (C(OH)–C–C–N with tert-alkyl or cyclic N) is 1. The molecule has 1 aromatic carbocycles. The molecular formula is C20H23ClFN7O. The minimum atomic E-state index is -0.966. The topological polar surface area (TPSA) is 102 Å². The summed E-state index contributed by atoms with van der Waals surface area (Å²) in [6.07, 6.45) is 3.79. The summed E-state index contributed by atoms with van der Waals surface area (Å²) in [5.74, 6) is 0.510. The summed E-state index contributed by atoms with van der Waals surface area (Å²) >= 11 is 6.17. The fourth-order valence-corrected chi connectivity index (χ4v) is 3.76. The Kier molecular flexibility index (Phi) is 5.25. The van der Waals surface area contributed by atoms with Gasteiger partial charge in [0, 0.05) is 25.2 Å². The van der Waals surface area contributed by atoms with Gasteiger partial charge in [0.1, 0.15) is 22.2 Å².